The first-order chi connectivity index (χ1) is 8.35. The molecule has 0 aromatic rings. The number of aliphatic carboxylic acids is 1. The summed E-state index contributed by atoms with van der Waals surface area (Å²) in [6.07, 6.45) is 3.29. The summed E-state index contributed by atoms with van der Waals surface area (Å²) in [5.41, 5.74) is 0.124. The summed E-state index contributed by atoms with van der Waals surface area (Å²) in [7, 11) is 0. The molecule has 1 saturated heterocycles. The third kappa shape index (κ3) is 4.20. The van der Waals surface area contributed by atoms with Gasteiger partial charge in [0.15, 0.2) is 0 Å². The van der Waals surface area contributed by atoms with Crippen LogP contribution in [0.3, 0.4) is 0 Å². The predicted octanol–water partition coefficient (Wildman–Crippen LogP) is 2.07. The summed E-state index contributed by atoms with van der Waals surface area (Å²) in [5.74, 6) is -0.957. The number of nitrogens with one attached hydrogen (secondary N) is 1. The molecule has 1 heterocycles. The minimum atomic E-state index is -0.957. The highest BCUT2D eigenvalue weighted by Crippen LogP contribution is 2.28. The van der Waals surface area contributed by atoms with Gasteiger partial charge in [0.25, 0.3) is 0 Å². The lowest BCUT2D eigenvalue weighted by molar-refractivity contribution is -0.139. The van der Waals surface area contributed by atoms with Gasteiger partial charge in [0.05, 0.1) is 0 Å². The van der Waals surface area contributed by atoms with Gasteiger partial charge in [-0.05, 0) is 24.7 Å². The van der Waals surface area contributed by atoms with Gasteiger partial charge in [0.1, 0.15) is 6.04 Å². The summed E-state index contributed by atoms with van der Waals surface area (Å²) in [4.78, 5) is 24.8. The molecule has 0 aromatic heterocycles. The Morgan fingerprint density at radius 2 is 2.11 bits per heavy atom. The van der Waals surface area contributed by atoms with E-state index in [2.05, 4.69) is 19.2 Å². The topological polar surface area (TPSA) is 69.6 Å². The summed E-state index contributed by atoms with van der Waals surface area (Å²) < 4.78 is 0. The van der Waals surface area contributed by atoms with Gasteiger partial charge in [-0.25, -0.2) is 9.59 Å². The minimum absolute atomic E-state index is 0.124. The van der Waals surface area contributed by atoms with Crippen LogP contribution in [-0.2, 0) is 4.79 Å². The lowest BCUT2D eigenvalue weighted by atomic mass is 9.84. The molecule has 1 aliphatic heterocycles. The molecule has 1 rings (SSSR count). The normalized spacial score (nSPS) is 20.3. The molecule has 0 radical (unpaired) electrons. The van der Waals surface area contributed by atoms with Gasteiger partial charge in [-0.1, -0.05) is 27.2 Å². The highest BCUT2D eigenvalue weighted by molar-refractivity contribution is 5.82. The minimum Gasteiger partial charge on any atom is -0.480 e. The second-order valence-corrected chi connectivity index (χ2v) is 5.82. The molecular weight excluding hydrogens is 232 g/mol. The van der Waals surface area contributed by atoms with Crippen molar-refractivity contribution < 1.29 is 14.7 Å². The van der Waals surface area contributed by atoms with Gasteiger partial charge in [-0.3, -0.25) is 0 Å². The number of carboxylic acids is 1. The molecule has 0 saturated carbocycles. The van der Waals surface area contributed by atoms with Crippen molar-refractivity contribution in [3.63, 3.8) is 0 Å². The van der Waals surface area contributed by atoms with Crippen molar-refractivity contribution in [3.8, 4) is 0 Å². The average Bonchev–Trinajstić information content (AvgIpc) is 2.26. The number of carboxylic acid groups (broad SMARTS) is 1. The molecule has 0 spiro atoms. The molecular formula is C13H24N2O3. The largest absolute Gasteiger partial charge is 0.480 e. The number of piperidine rings is 1. The Morgan fingerprint density at radius 3 is 2.61 bits per heavy atom. The zero-order valence-electron chi connectivity index (χ0n) is 11.5. The summed E-state index contributed by atoms with van der Waals surface area (Å²) in [6.45, 7) is 7.58. The van der Waals surface area contributed by atoms with Crippen molar-refractivity contribution >= 4 is 12.0 Å². The van der Waals surface area contributed by atoms with Crippen LogP contribution in [0.1, 0.15) is 46.5 Å². The third-order valence-electron chi connectivity index (χ3n) is 3.36. The maximum atomic E-state index is 12.0. The van der Waals surface area contributed by atoms with E-state index in [1.54, 1.807) is 4.90 Å². The van der Waals surface area contributed by atoms with Crippen LogP contribution in [-0.4, -0.2) is 41.1 Å². The van der Waals surface area contributed by atoms with Crippen LogP contribution in [0.2, 0.25) is 0 Å². The first-order valence-corrected chi connectivity index (χ1v) is 6.64. The van der Waals surface area contributed by atoms with E-state index >= 15 is 0 Å². The average molecular weight is 256 g/mol. The molecule has 0 aromatic carbocycles. The first kappa shape index (κ1) is 14.8. The smallest absolute Gasteiger partial charge is 0.326 e. The first-order valence-electron chi connectivity index (χ1n) is 6.64. The van der Waals surface area contributed by atoms with E-state index in [9.17, 15) is 9.59 Å². The standard InChI is InChI=1S/C13H24N2O3/c1-4-6-10(11(16)17)14-12(18)15-8-5-7-13(2,3)9-15/h10H,4-9H2,1-3H3,(H,14,18)(H,16,17). The molecule has 5 heteroatoms. The molecule has 104 valence electrons. The highest BCUT2D eigenvalue weighted by atomic mass is 16.4. The second kappa shape index (κ2) is 6.07. The van der Waals surface area contributed by atoms with Gasteiger partial charge in [-0.15, -0.1) is 0 Å². The number of nitrogens with zero attached hydrogens (tertiary/aromatic N) is 1. The van der Waals surface area contributed by atoms with Crippen molar-refractivity contribution in [1.82, 2.24) is 10.2 Å². The number of urea groups is 1. The summed E-state index contributed by atoms with van der Waals surface area (Å²) in [6, 6.07) is -1.02. The van der Waals surface area contributed by atoms with E-state index < -0.39 is 12.0 Å². The quantitative estimate of drug-likeness (QED) is 0.809. The van der Waals surface area contributed by atoms with E-state index in [-0.39, 0.29) is 11.4 Å². The van der Waals surface area contributed by atoms with Crippen molar-refractivity contribution in [1.29, 1.82) is 0 Å². The molecule has 18 heavy (non-hydrogen) atoms. The van der Waals surface area contributed by atoms with E-state index in [4.69, 9.17) is 5.11 Å². The Bertz CT molecular complexity index is 315. The fraction of sp³-hybridized carbons (Fsp3) is 0.846. The number of hydrogen-bond acceptors (Lipinski definition) is 2. The Hall–Kier alpha value is -1.26. The fourth-order valence-electron chi connectivity index (χ4n) is 2.38. The van der Waals surface area contributed by atoms with Gasteiger partial charge in [0, 0.05) is 13.1 Å². The number of carbonyl (C=O) groups is 2. The molecule has 1 fully saturated rings. The Kier molecular flexibility index (Phi) is 4.99. The van der Waals surface area contributed by atoms with E-state index in [1.807, 2.05) is 6.92 Å². The van der Waals surface area contributed by atoms with Crippen LogP contribution >= 0.6 is 0 Å². The van der Waals surface area contributed by atoms with Crippen molar-refractivity contribution in [2.24, 2.45) is 5.41 Å². The monoisotopic (exact) mass is 256 g/mol. The molecule has 2 N–H and O–H groups in total. The van der Waals surface area contributed by atoms with Gasteiger partial charge >= 0.3 is 12.0 Å². The molecule has 1 atom stereocenters. The van der Waals surface area contributed by atoms with Crippen LogP contribution in [0.5, 0.6) is 0 Å². The SMILES string of the molecule is CCCC(NC(=O)N1CCCC(C)(C)C1)C(=O)O. The third-order valence-corrected chi connectivity index (χ3v) is 3.36. The zero-order chi connectivity index (χ0) is 13.8. The van der Waals surface area contributed by atoms with Crippen molar-refractivity contribution in [2.45, 2.75) is 52.5 Å². The van der Waals surface area contributed by atoms with Gasteiger partial charge < -0.3 is 15.3 Å². The Balaban J connectivity index is 2.55. The molecule has 1 aliphatic rings. The van der Waals surface area contributed by atoms with Crippen molar-refractivity contribution in [3.05, 3.63) is 0 Å². The van der Waals surface area contributed by atoms with Crippen LogP contribution in [0.4, 0.5) is 4.79 Å². The van der Waals surface area contributed by atoms with Crippen LogP contribution in [0.25, 0.3) is 0 Å². The Morgan fingerprint density at radius 1 is 1.44 bits per heavy atom. The van der Waals surface area contributed by atoms with Crippen LogP contribution < -0.4 is 5.32 Å². The summed E-state index contributed by atoms with van der Waals surface area (Å²) in [5, 5.41) is 11.6. The van der Waals surface area contributed by atoms with Crippen molar-refractivity contribution in [2.75, 3.05) is 13.1 Å². The molecule has 2 amide bonds. The molecule has 0 aliphatic carbocycles. The fourth-order valence-corrected chi connectivity index (χ4v) is 2.38. The van der Waals surface area contributed by atoms with Gasteiger partial charge in [0.2, 0.25) is 0 Å². The van der Waals surface area contributed by atoms with E-state index in [0.717, 1.165) is 19.3 Å². The lowest BCUT2D eigenvalue weighted by Crippen LogP contribution is -2.52. The predicted molar refractivity (Wildman–Crippen MR) is 69.5 cm³/mol. The van der Waals surface area contributed by atoms with Crippen LogP contribution in [0, 0.1) is 5.41 Å². The zero-order valence-corrected chi connectivity index (χ0v) is 11.5. The molecule has 0 bridgehead atoms. The number of rotatable bonds is 4. The number of likely N-dealkylation sites (tertiary alicyclic amines) is 1. The molecule has 1 unspecified atom stereocenters. The van der Waals surface area contributed by atoms with Gasteiger partial charge in [-0.2, -0.15) is 0 Å². The van der Waals surface area contributed by atoms with E-state index in [0.29, 0.717) is 19.5 Å². The van der Waals surface area contributed by atoms with E-state index in [1.165, 1.54) is 0 Å². The second-order valence-electron chi connectivity index (χ2n) is 5.82. The highest BCUT2D eigenvalue weighted by Gasteiger charge is 2.30. The lowest BCUT2D eigenvalue weighted by Gasteiger charge is -2.38. The number of amides is 2. The number of hydrogen-bond donors (Lipinski definition) is 2. The van der Waals surface area contributed by atoms with Crippen LogP contribution in [0.15, 0.2) is 0 Å². The maximum absolute atomic E-state index is 12.0. The molecule has 5 nitrogen and oxygen atoms in total. The number of carbonyl (C=O) groups excluding carboxylic acids is 1. The maximum Gasteiger partial charge on any atom is 0.326 e. The summed E-state index contributed by atoms with van der Waals surface area (Å²) >= 11 is 0. The Labute approximate surface area is 109 Å².